The van der Waals surface area contributed by atoms with Gasteiger partial charge in [-0.05, 0) is 31.4 Å². The molecule has 0 bridgehead atoms. The number of hydrogen-bond donors (Lipinski definition) is 2. The van der Waals surface area contributed by atoms with Gasteiger partial charge in [0.05, 0.1) is 6.54 Å². The molecule has 0 radical (unpaired) electrons. The zero-order valence-electron chi connectivity index (χ0n) is 15.6. The molecule has 0 aliphatic carbocycles. The maximum Gasteiger partial charge on any atom is 0.325 e. The monoisotopic (exact) mass is 375 g/mol. The highest BCUT2D eigenvalue weighted by molar-refractivity contribution is 6.14. The third-order valence-corrected chi connectivity index (χ3v) is 5.29. The summed E-state index contributed by atoms with van der Waals surface area (Å²) in [5, 5.41) is 3.55. The molecule has 0 saturated carbocycles. The van der Waals surface area contributed by atoms with Crippen LogP contribution in [0.3, 0.4) is 0 Å². The zero-order chi connectivity index (χ0) is 19.7. The first kappa shape index (κ1) is 18.0. The van der Waals surface area contributed by atoms with Crippen LogP contribution in [0.4, 0.5) is 4.79 Å². The van der Waals surface area contributed by atoms with Crippen molar-refractivity contribution in [3.8, 4) is 0 Å². The maximum absolute atomic E-state index is 12.9. The van der Waals surface area contributed by atoms with Crippen molar-refractivity contribution in [1.82, 2.24) is 15.2 Å². The number of H-pyrrole nitrogens is 1. The first-order valence-electron chi connectivity index (χ1n) is 9.25. The number of nitrogens with zero attached hydrogens (tertiary/aromatic N) is 1. The van der Waals surface area contributed by atoms with E-state index in [1.807, 2.05) is 54.6 Å². The van der Waals surface area contributed by atoms with Crippen LogP contribution < -0.4 is 5.32 Å². The lowest BCUT2D eigenvalue weighted by Gasteiger charge is -2.21. The topological polar surface area (TPSA) is 82.3 Å². The highest BCUT2D eigenvalue weighted by atomic mass is 16.2. The molecular formula is C22H21N3O3. The predicted octanol–water partition coefficient (Wildman–Crippen LogP) is 3.29. The minimum atomic E-state index is -1.01. The molecule has 1 saturated heterocycles. The summed E-state index contributed by atoms with van der Waals surface area (Å²) in [5.41, 5.74) is 1.41. The second kappa shape index (κ2) is 6.96. The van der Waals surface area contributed by atoms with Crippen LogP contribution in [0.5, 0.6) is 0 Å². The lowest BCUT2D eigenvalue weighted by Crippen LogP contribution is -2.44. The molecule has 0 unspecified atom stereocenters. The van der Waals surface area contributed by atoms with Crippen molar-refractivity contribution in [1.29, 1.82) is 0 Å². The van der Waals surface area contributed by atoms with Gasteiger partial charge in [0.1, 0.15) is 5.54 Å². The normalized spacial score (nSPS) is 19.2. The molecule has 2 heterocycles. The molecular weight excluding hydrogens is 354 g/mol. The van der Waals surface area contributed by atoms with E-state index in [2.05, 4.69) is 10.3 Å². The average molecular weight is 375 g/mol. The number of ketones is 1. The van der Waals surface area contributed by atoms with Crippen LogP contribution in [0.15, 0.2) is 60.8 Å². The number of rotatable bonds is 6. The summed E-state index contributed by atoms with van der Waals surface area (Å²) in [6, 6.07) is 16.7. The van der Waals surface area contributed by atoms with E-state index in [9.17, 15) is 14.4 Å². The Morgan fingerprint density at radius 3 is 2.54 bits per heavy atom. The van der Waals surface area contributed by atoms with Gasteiger partial charge in [-0.15, -0.1) is 0 Å². The van der Waals surface area contributed by atoms with Gasteiger partial charge in [0.2, 0.25) is 0 Å². The summed E-state index contributed by atoms with van der Waals surface area (Å²) in [7, 11) is 0. The number of para-hydroxylation sites is 1. The minimum absolute atomic E-state index is 0.270. The van der Waals surface area contributed by atoms with Crippen molar-refractivity contribution >= 4 is 28.6 Å². The molecule has 2 aromatic carbocycles. The van der Waals surface area contributed by atoms with Gasteiger partial charge >= 0.3 is 6.03 Å². The molecule has 1 aliphatic heterocycles. The number of urea groups is 1. The van der Waals surface area contributed by atoms with Crippen LogP contribution in [0.25, 0.3) is 10.9 Å². The Kier molecular flexibility index (Phi) is 4.47. The van der Waals surface area contributed by atoms with Gasteiger partial charge in [-0.3, -0.25) is 14.5 Å². The Morgan fingerprint density at radius 2 is 1.75 bits per heavy atom. The number of fused-ring (bicyclic) bond motifs is 1. The summed E-state index contributed by atoms with van der Waals surface area (Å²) in [5.74, 6) is -0.630. The van der Waals surface area contributed by atoms with Crippen molar-refractivity contribution in [3.63, 3.8) is 0 Å². The Labute approximate surface area is 162 Å². The van der Waals surface area contributed by atoms with Crippen molar-refractivity contribution in [3.05, 3.63) is 71.9 Å². The SMILES string of the molecule is C[C@@]1(CCc2ccccc2)NC(=O)N(CC(=O)c2c[nH]c3ccccc23)C1=O. The summed E-state index contributed by atoms with van der Waals surface area (Å²) in [4.78, 5) is 42.2. The molecule has 1 aromatic heterocycles. The van der Waals surface area contributed by atoms with Crippen molar-refractivity contribution in [2.75, 3.05) is 6.54 Å². The molecule has 6 nitrogen and oxygen atoms in total. The van der Waals surface area contributed by atoms with Gasteiger partial charge < -0.3 is 10.3 Å². The van der Waals surface area contributed by atoms with Gasteiger partial charge in [0.15, 0.2) is 5.78 Å². The van der Waals surface area contributed by atoms with E-state index in [4.69, 9.17) is 0 Å². The van der Waals surface area contributed by atoms with Gasteiger partial charge in [0, 0.05) is 22.7 Å². The quantitative estimate of drug-likeness (QED) is 0.512. The predicted molar refractivity (Wildman–Crippen MR) is 106 cm³/mol. The molecule has 3 amide bonds. The fraction of sp³-hybridized carbons (Fsp3) is 0.227. The number of aryl methyl sites for hydroxylation is 1. The van der Waals surface area contributed by atoms with Crippen molar-refractivity contribution < 1.29 is 14.4 Å². The largest absolute Gasteiger partial charge is 0.360 e. The molecule has 142 valence electrons. The van der Waals surface area contributed by atoms with Crippen LogP contribution >= 0.6 is 0 Å². The van der Waals surface area contributed by atoms with E-state index < -0.39 is 11.6 Å². The molecule has 3 aromatic rings. The summed E-state index contributed by atoms with van der Waals surface area (Å²) < 4.78 is 0. The van der Waals surface area contributed by atoms with E-state index in [1.165, 1.54) is 0 Å². The number of aromatic amines is 1. The molecule has 4 rings (SSSR count). The highest BCUT2D eigenvalue weighted by Crippen LogP contribution is 2.25. The molecule has 2 N–H and O–H groups in total. The second-order valence-corrected chi connectivity index (χ2v) is 7.31. The Bertz CT molecular complexity index is 1060. The van der Waals surface area contributed by atoms with Crippen LogP contribution in [0.2, 0.25) is 0 Å². The number of hydrogen-bond acceptors (Lipinski definition) is 3. The number of amides is 3. The smallest absolute Gasteiger partial charge is 0.325 e. The average Bonchev–Trinajstić information content (AvgIpc) is 3.22. The van der Waals surface area contributed by atoms with Crippen LogP contribution in [-0.4, -0.2) is 39.7 Å². The van der Waals surface area contributed by atoms with E-state index in [0.717, 1.165) is 21.4 Å². The number of carbonyl (C=O) groups excluding carboxylic acids is 3. The van der Waals surface area contributed by atoms with E-state index >= 15 is 0 Å². The number of aromatic nitrogens is 1. The Hall–Kier alpha value is -3.41. The molecule has 6 heteroatoms. The molecule has 28 heavy (non-hydrogen) atoms. The number of benzene rings is 2. The second-order valence-electron chi connectivity index (χ2n) is 7.31. The lowest BCUT2D eigenvalue weighted by atomic mass is 9.93. The third-order valence-electron chi connectivity index (χ3n) is 5.29. The minimum Gasteiger partial charge on any atom is -0.360 e. The van der Waals surface area contributed by atoms with Crippen LogP contribution in [0, 0.1) is 0 Å². The number of carbonyl (C=O) groups is 3. The molecule has 1 fully saturated rings. The molecule has 1 aliphatic rings. The number of imide groups is 1. The van der Waals surface area contributed by atoms with Crippen LogP contribution in [-0.2, 0) is 11.2 Å². The van der Waals surface area contributed by atoms with Crippen molar-refractivity contribution in [2.24, 2.45) is 0 Å². The standard InChI is InChI=1S/C22H21N3O3/c1-22(12-11-15-7-3-2-4-8-15)20(27)25(21(28)24-22)14-19(26)17-13-23-18-10-6-5-9-16(17)18/h2-10,13,23H,11-12,14H2,1H3,(H,24,28)/t22-/m0/s1. The first-order valence-corrected chi connectivity index (χ1v) is 9.25. The number of nitrogens with one attached hydrogen (secondary N) is 2. The van der Waals surface area contributed by atoms with E-state index in [1.54, 1.807) is 13.1 Å². The van der Waals surface area contributed by atoms with Crippen molar-refractivity contribution in [2.45, 2.75) is 25.3 Å². The summed E-state index contributed by atoms with van der Waals surface area (Å²) in [6.45, 7) is 1.44. The van der Waals surface area contributed by atoms with Gasteiger partial charge in [0.25, 0.3) is 5.91 Å². The van der Waals surface area contributed by atoms with Gasteiger partial charge in [-0.25, -0.2) is 4.79 Å². The Morgan fingerprint density at radius 1 is 1.04 bits per heavy atom. The van der Waals surface area contributed by atoms with Crippen LogP contribution in [0.1, 0.15) is 29.3 Å². The van der Waals surface area contributed by atoms with E-state index in [-0.39, 0.29) is 18.2 Å². The fourth-order valence-corrected chi connectivity index (χ4v) is 3.63. The first-order chi connectivity index (χ1) is 13.5. The Balaban J connectivity index is 1.48. The van der Waals surface area contributed by atoms with Gasteiger partial charge in [-0.2, -0.15) is 0 Å². The highest BCUT2D eigenvalue weighted by Gasteiger charge is 2.47. The zero-order valence-corrected chi connectivity index (χ0v) is 15.6. The van der Waals surface area contributed by atoms with E-state index in [0.29, 0.717) is 18.4 Å². The number of Topliss-reactive ketones (excluding diaryl/α,β-unsaturated/α-hetero) is 1. The molecule has 0 spiro atoms. The third kappa shape index (κ3) is 3.17. The van der Waals surface area contributed by atoms with Gasteiger partial charge in [-0.1, -0.05) is 48.5 Å². The molecule has 1 atom stereocenters. The summed E-state index contributed by atoms with van der Waals surface area (Å²) in [6.07, 6.45) is 2.76. The lowest BCUT2D eigenvalue weighted by molar-refractivity contribution is -0.130. The fourth-order valence-electron chi connectivity index (χ4n) is 3.63. The summed E-state index contributed by atoms with van der Waals surface area (Å²) >= 11 is 0. The maximum atomic E-state index is 12.9.